The molecule has 1 fully saturated rings. The van der Waals surface area contributed by atoms with Crippen LogP contribution >= 0.6 is 0 Å². The molecule has 0 aromatic carbocycles. The number of rotatable bonds is 22. The minimum absolute atomic E-state index is 0.0566. The third-order valence-corrected chi connectivity index (χ3v) is 6.96. The van der Waals surface area contributed by atoms with Crippen molar-refractivity contribution in [1.29, 1.82) is 0 Å². The van der Waals surface area contributed by atoms with Gasteiger partial charge in [-0.05, 0) is 25.2 Å². The van der Waals surface area contributed by atoms with Gasteiger partial charge >= 0.3 is 11.9 Å². The molecule has 34 heavy (non-hydrogen) atoms. The minimum Gasteiger partial charge on any atom is -0.461 e. The summed E-state index contributed by atoms with van der Waals surface area (Å²) in [6.07, 6.45) is 17.9. The quantitative estimate of drug-likeness (QED) is 0.109. The summed E-state index contributed by atoms with van der Waals surface area (Å²) in [5, 5.41) is 2.59. The molecule has 1 aliphatic rings. The van der Waals surface area contributed by atoms with E-state index in [4.69, 9.17) is 9.47 Å². The first-order chi connectivity index (χ1) is 16.4. The molecule has 0 radical (unpaired) electrons. The van der Waals surface area contributed by atoms with Crippen LogP contribution in [0.25, 0.3) is 0 Å². The lowest BCUT2D eigenvalue weighted by Crippen LogP contribution is -2.48. The molecule has 0 unspecified atom stereocenters. The first-order valence-corrected chi connectivity index (χ1v) is 14.0. The van der Waals surface area contributed by atoms with Crippen molar-refractivity contribution in [2.24, 2.45) is 11.8 Å². The van der Waals surface area contributed by atoms with Gasteiger partial charge in [0, 0.05) is 6.42 Å². The highest BCUT2D eigenvalue weighted by Gasteiger charge is 2.43. The Balaban J connectivity index is 2.55. The van der Waals surface area contributed by atoms with Crippen LogP contribution in [-0.4, -0.2) is 36.6 Å². The topological polar surface area (TPSA) is 81.7 Å². The van der Waals surface area contributed by atoms with Gasteiger partial charge in [0.1, 0.15) is 18.2 Å². The van der Waals surface area contributed by atoms with Crippen molar-refractivity contribution in [2.45, 2.75) is 149 Å². The van der Waals surface area contributed by atoms with Crippen LogP contribution < -0.4 is 5.32 Å². The van der Waals surface area contributed by atoms with E-state index >= 15 is 0 Å². The Morgan fingerprint density at radius 2 is 1.50 bits per heavy atom. The predicted octanol–water partition coefficient (Wildman–Crippen LogP) is 6.49. The van der Waals surface area contributed by atoms with Crippen LogP contribution in [0.15, 0.2) is 0 Å². The van der Waals surface area contributed by atoms with E-state index in [-0.39, 0.29) is 30.0 Å². The largest absolute Gasteiger partial charge is 0.461 e. The Kier molecular flexibility index (Phi) is 16.7. The van der Waals surface area contributed by atoms with Crippen LogP contribution in [0, 0.1) is 11.8 Å². The van der Waals surface area contributed by atoms with Crippen molar-refractivity contribution in [3.05, 3.63) is 0 Å². The molecule has 0 saturated carbocycles. The molecule has 0 spiro atoms. The van der Waals surface area contributed by atoms with E-state index in [1.165, 1.54) is 57.8 Å². The Labute approximate surface area is 208 Å². The Morgan fingerprint density at radius 3 is 2.03 bits per heavy atom. The molecule has 4 atom stereocenters. The van der Waals surface area contributed by atoms with Gasteiger partial charge < -0.3 is 14.8 Å². The van der Waals surface area contributed by atoms with Crippen molar-refractivity contribution < 1.29 is 23.9 Å². The molecule has 1 amide bonds. The zero-order valence-electron chi connectivity index (χ0n) is 22.3. The molecule has 1 rings (SSSR count). The zero-order chi connectivity index (χ0) is 25.2. The number of nitrogens with one attached hydrogen (secondary N) is 1. The van der Waals surface area contributed by atoms with Crippen LogP contribution in [0.5, 0.6) is 0 Å². The number of hydrogen-bond donors (Lipinski definition) is 1. The first kappa shape index (κ1) is 30.4. The van der Waals surface area contributed by atoms with E-state index < -0.39 is 12.0 Å². The van der Waals surface area contributed by atoms with Gasteiger partial charge in [-0.3, -0.25) is 9.59 Å². The summed E-state index contributed by atoms with van der Waals surface area (Å²) in [5.74, 6) is -0.639. The second-order valence-electron chi connectivity index (χ2n) is 10.3. The molecule has 6 heteroatoms. The molecule has 1 aliphatic heterocycles. The van der Waals surface area contributed by atoms with Crippen molar-refractivity contribution in [1.82, 2.24) is 5.32 Å². The highest BCUT2D eigenvalue weighted by molar-refractivity contribution is 5.79. The third kappa shape index (κ3) is 12.2. The zero-order valence-corrected chi connectivity index (χ0v) is 22.3. The highest BCUT2D eigenvalue weighted by Crippen LogP contribution is 2.32. The standard InChI is InChI=1S/C28H51NO5/c1-5-7-9-11-12-13-14-15-16-18-23(33-28(32)26(22(3)4)29-21-30)20-25-24(27(31)34-25)19-17-10-8-6-2/h21-26H,5-20H2,1-4H3,(H,29,30)/t23-,24+,25+,26+/m1/s1. The van der Waals surface area contributed by atoms with E-state index in [1.807, 2.05) is 13.8 Å². The lowest BCUT2D eigenvalue weighted by Gasteiger charge is -2.37. The fourth-order valence-electron chi connectivity index (χ4n) is 4.72. The summed E-state index contributed by atoms with van der Waals surface area (Å²) in [5.41, 5.74) is 0. The molecule has 6 nitrogen and oxygen atoms in total. The molecule has 1 heterocycles. The van der Waals surface area contributed by atoms with E-state index in [9.17, 15) is 14.4 Å². The van der Waals surface area contributed by atoms with Crippen molar-refractivity contribution in [3.8, 4) is 0 Å². The minimum atomic E-state index is -0.656. The maximum absolute atomic E-state index is 12.8. The Bertz CT molecular complexity index is 565. The number of unbranched alkanes of at least 4 members (excludes halogenated alkanes) is 11. The fraction of sp³-hybridized carbons (Fsp3) is 0.893. The van der Waals surface area contributed by atoms with E-state index in [1.54, 1.807) is 0 Å². The van der Waals surface area contributed by atoms with Crippen molar-refractivity contribution >= 4 is 18.3 Å². The maximum atomic E-state index is 12.8. The monoisotopic (exact) mass is 481 g/mol. The van der Waals surface area contributed by atoms with E-state index in [0.717, 1.165) is 38.5 Å². The predicted molar refractivity (Wildman–Crippen MR) is 136 cm³/mol. The molecule has 0 aromatic rings. The summed E-state index contributed by atoms with van der Waals surface area (Å²) in [6.45, 7) is 8.19. The van der Waals surface area contributed by atoms with E-state index in [0.29, 0.717) is 12.8 Å². The van der Waals surface area contributed by atoms with Crippen molar-refractivity contribution in [3.63, 3.8) is 0 Å². The van der Waals surface area contributed by atoms with Crippen molar-refractivity contribution in [2.75, 3.05) is 0 Å². The number of hydrogen-bond acceptors (Lipinski definition) is 5. The third-order valence-electron chi connectivity index (χ3n) is 6.96. The smallest absolute Gasteiger partial charge is 0.329 e. The Morgan fingerprint density at radius 1 is 0.941 bits per heavy atom. The van der Waals surface area contributed by atoms with Gasteiger partial charge in [-0.1, -0.05) is 105 Å². The SMILES string of the molecule is CCCCCCCCCCC[C@H](C[C@@H]1OC(=O)[C@H]1CCCCCC)OC(=O)[C@@H](NC=O)C(C)C. The molecular weight excluding hydrogens is 430 g/mol. The van der Waals surface area contributed by atoms with Crippen LogP contribution in [0.4, 0.5) is 0 Å². The van der Waals surface area contributed by atoms with Gasteiger partial charge in [0.2, 0.25) is 6.41 Å². The lowest BCUT2D eigenvalue weighted by molar-refractivity contribution is -0.190. The number of amides is 1. The summed E-state index contributed by atoms with van der Waals surface area (Å²) < 4.78 is 11.3. The number of carbonyl (C=O) groups excluding carboxylic acids is 3. The van der Waals surface area contributed by atoms with Gasteiger partial charge in [0.05, 0.1) is 5.92 Å². The second kappa shape index (κ2) is 18.7. The normalized spacial score (nSPS) is 19.3. The van der Waals surface area contributed by atoms with Gasteiger partial charge in [-0.2, -0.15) is 0 Å². The Hall–Kier alpha value is -1.59. The first-order valence-electron chi connectivity index (χ1n) is 14.0. The summed E-state index contributed by atoms with van der Waals surface area (Å²) >= 11 is 0. The molecule has 1 saturated heterocycles. The molecule has 1 N–H and O–H groups in total. The van der Waals surface area contributed by atoms with Gasteiger partial charge in [0.25, 0.3) is 0 Å². The van der Waals surface area contributed by atoms with Crippen LogP contribution in [0.1, 0.15) is 130 Å². The number of esters is 2. The number of cyclic esters (lactones) is 1. The van der Waals surface area contributed by atoms with Gasteiger partial charge in [0.15, 0.2) is 0 Å². The van der Waals surface area contributed by atoms with Crippen LogP contribution in [0.2, 0.25) is 0 Å². The summed E-state index contributed by atoms with van der Waals surface area (Å²) in [6, 6.07) is -0.656. The maximum Gasteiger partial charge on any atom is 0.329 e. The van der Waals surface area contributed by atoms with Crippen LogP contribution in [0.3, 0.4) is 0 Å². The number of carbonyl (C=O) groups is 3. The number of ether oxygens (including phenoxy) is 2. The van der Waals surface area contributed by atoms with Crippen LogP contribution in [-0.2, 0) is 23.9 Å². The molecule has 198 valence electrons. The summed E-state index contributed by atoms with van der Waals surface area (Å²) in [7, 11) is 0. The van der Waals surface area contributed by atoms with Gasteiger partial charge in [-0.15, -0.1) is 0 Å². The molecule has 0 bridgehead atoms. The average molecular weight is 482 g/mol. The van der Waals surface area contributed by atoms with E-state index in [2.05, 4.69) is 19.2 Å². The molecule has 0 aliphatic carbocycles. The summed E-state index contributed by atoms with van der Waals surface area (Å²) in [4.78, 5) is 35.8. The molecule has 0 aromatic heterocycles. The highest BCUT2D eigenvalue weighted by atomic mass is 16.6. The molecular formula is C28H51NO5. The average Bonchev–Trinajstić information content (AvgIpc) is 2.80. The lowest BCUT2D eigenvalue weighted by atomic mass is 9.86. The van der Waals surface area contributed by atoms with Gasteiger partial charge in [-0.25, -0.2) is 4.79 Å². The fourth-order valence-corrected chi connectivity index (χ4v) is 4.72. The second-order valence-corrected chi connectivity index (χ2v) is 10.3.